The van der Waals surface area contributed by atoms with E-state index in [4.69, 9.17) is 15.1 Å². The first-order chi connectivity index (χ1) is 14.9. The van der Waals surface area contributed by atoms with Crippen molar-refractivity contribution in [3.05, 3.63) is 42.0 Å². The predicted molar refractivity (Wildman–Crippen MR) is 118 cm³/mol. The summed E-state index contributed by atoms with van der Waals surface area (Å²) in [4.78, 5) is 24.9. The smallest absolute Gasteiger partial charge is 0.319 e. The fourth-order valence-electron chi connectivity index (χ4n) is 4.35. The van der Waals surface area contributed by atoms with E-state index in [1.807, 2.05) is 23.1 Å². The van der Waals surface area contributed by atoms with Crippen molar-refractivity contribution in [2.24, 2.45) is 0 Å². The van der Waals surface area contributed by atoms with Gasteiger partial charge >= 0.3 is 6.03 Å². The molecule has 4 aromatic rings. The molecule has 160 valence electrons. The molecule has 1 saturated heterocycles. The van der Waals surface area contributed by atoms with Crippen molar-refractivity contribution >= 4 is 28.3 Å². The summed E-state index contributed by atoms with van der Waals surface area (Å²) in [5, 5.41) is 5.50. The van der Waals surface area contributed by atoms with Crippen LogP contribution in [0.25, 0.3) is 27.9 Å². The van der Waals surface area contributed by atoms with Crippen LogP contribution < -0.4 is 5.73 Å². The van der Waals surface area contributed by atoms with Crippen molar-refractivity contribution in [3.63, 3.8) is 0 Å². The standard InChI is InChI=1S/C22H25N7O2/c1-13-5-4-6-16-15(13)11-17(31-16)18-19-20(23)24-12-25-29(19)21(26-18)14-7-9-28(10-8-14)22(30)27(2)3/h4-6,11-12,14H,7-10H2,1-3H3,(H2,23,24,25). The number of anilines is 1. The van der Waals surface area contributed by atoms with Gasteiger partial charge in [-0.15, -0.1) is 0 Å². The van der Waals surface area contributed by atoms with E-state index in [2.05, 4.69) is 23.1 Å². The topological polar surface area (TPSA) is 106 Å². The number of carbonyl (C=O) groups is 1. The monoisotopic (exact) mass is 419 g/mol. The normalized spacial score (nSPS) is 15.1. The number of carbonyl (C=O) groups excluding carboxylic acids is 1. The number of nitrogens with zero attached hydrogens (tertiary/aromatic N) is 6. The maximum atomic E-state index is 12.3. The molecule has 1 aliphatic heterocycles. The average molecular weight is 419 g/mol. The summed E-state index contributed by atoms with van der Waals surface area (Å²) in [7, 11) is 3.55. The molecular weight excluding hydrogens is 394 g/mol. The van der Waals surface area contributed by atoms with Gasteiger partial charge < -0.3 is 20.0 Å². The zero-order valence-electron chi connectivity index (χ0n) is 17.9. The average Bonchev–Trinajstić information content (AvgIpc) is 3.37. The van der Waals surface area contributed by atoms with Crippen LogP contribution in [-0.2, 0) is 0 Å². The minimum atomic E-state index is 0.0383. The molecule has 5 rings (SSSR count). The van der Waals surface area contributed by atoms with Crippen LogP contribution in [0.4, 0.5) is 10.6 Å². The molecule has 0 aliphatic carbocycles. The highest BCUT2D eigenvalue weighted by atomic mass is 16.3. The lowest BCUT2D eigenvalue weighted by Crippen LogP contribution is -2.43. The van der Waals surface area contributed by atoms with Crippen LogP contribution in [0.15, 0.2) is 35.0 Å². The number of rotatable bonds is 2. The Hall–Kier alpha value is -3.62. The van der Waals surface area contributed by atoms with E-state index in [-0.39, 0.29) is 11.9 Å². The molecule has 0 bridgehead atoms. The van der Waals surface area contributed by atoms with Gasteiger partial charge in [-0.2, -0.15) is 5.10 Å². The number of hydrogen-bond donors (Lipinski definition) is 1. The highest BCUT2D eigenvalue weighted by molar-refractivity contribution is 5.90. The van der Waals surface area contributed by atoms with E-state index in [0.29, 0.717) is 35.9 Å². The van der Waals surface area contributed by atoms with Crippen molar-refractivity contribution in [2.75, 3.05) is 32.9 Å². The Bertz CT molecular complexity index is 1280. The highest BCUT2D eigenvalue weighted by Gasteiger charge is 2.30. The first-order valence-electron chi connectivity index (χ1n) is 10.4. The fraction of sp³-hybridized carbons (Fsp3) is 0.364. The lowest BCUT2D eigenvalue weighted by molar-refractivity contribution is 0.155. The van der Waals surface area contributed by atoms with Crippen molar-refractivity contribution in [1.82, 2.24) is 29.4 Å². The SMILES string of the molecule is Cc1cccc2oc(-c3nc(C4CCN(C(=O)N(C)C)CC4)n4ncnc(N)c34)cc12. The number of piperidine rings is 1. The van der Waals surface area contributed by atoms with Gasteiger partial charge in [0.05, 0.1) is 0 Å². The van der Waals surface area contributed by atoms with Crippen LogP contribution in [0.5, 0.6) is 0 Å². The number of hydrogen-bond acceptors (Lipinski definition) is 6. The number of furan rings is 1. The second-order valence-electron chi connectivity index (χ2n) is 8.26. The molecule has 0 unspecified atom stereocenters. The lowest BCUT2D eigenvalue weighted by atomic mass is 9.96. The van der Waals surface area contributed by atoms with Crippen molar-refractivity contribution in [2.45, 2.75) is 25.7 Å². The molecule has 3 aromatic heterocycles. The number of nitrogens with two attached hydrogens (primary N) is 1. The van der Waals surface area contributed by atoms with E-state index in [9.17, 15) is 4.79 Å². The van der Waals surface area contributed by atoms with Crippen molar-refractivity contribution in [1.29, 1.82) is 0 Å². The Balaban J connectivity index is 1.56. The number of urea groups is 1. The molecule has 0 atom stereocenters. The minimum absolute atomic E-state index is 0.0383. The lowest BCUT2D eigenvalue weighted by Gasteiger charge is -2.33. The zero-order valence-corrected chi connectivity index (χ0v) is 17.9. The van der Waals surface area contributed by atoms with E-state index in [1.165, 1.54) is 6.33 Å². The number of nitrogen functional groups attached to an aromatic ring is 1. The Morgan fingerprint density at radius 1 is 1.26 bits per heavy atom. The summed E-state index contributed by atoms with van der Waals surface area (Å²) in [6, 6.07) is 8.01. The van der Waals surface area contributed by atoms with E-state index in [1.54, 1.807) is 23.5 Å². The van der Waals surface area contributed by atoms with E-state index in [0.717, 1.165) is 35.2 Å². The van der Waals surface area contributed by atoms with Crippen LogP contribution in [0.2, 0.25) is 0 Å². The molecule has 4 heterocycles. The molecular formula is C22H25N7O2. The number of amides is 2. The highest BCUT2D eigenvalue weighted by Crippen LogP contribution is 2.36. The third kappa shape index (κ3) is 3.17. The molecule has 9 heteroatoms. The summed E-state index contributed by atoms with van der Waals surface area (Å²) >= 11 is 0. The minimum Gasteiger partial charge on any atom is -0.454 e. The van der Waals surface area contributed by atoms with Gasteiger partial charge in [-0.05, 0) is 37.5 Å². The molecule has 1 fully saturated rings. The van der Waals surface area contributed by atoms with Crippen LogP contribution in [0.3, 0.4) is 0 Å². The first kappa shape index (κ1) is 19.3. The summed E-state index contributed by atoms with van der Waals surface area (Å²) < 4.78 is 7.91. The van der Waals surface area contributed by atoms with Crippen molar-refractivity contribution < 1.29 is 9.21 Å². The maximum absolute atomic E-state index is 12.3. The maximum Gasteiger partial charge on any atom is 0.319 e. The van der Waals surface area contributed by atoms with Crippen LogP contribution in [0, 0.1) is 6.92 Å². The summed E-state index contributed by atoms with van der Waals surface area (Å²) in [6.45, 7) is 3.41. The van der Waals surface area contributed by atoms with Gasteiger partial charge in [-0.3, -0.25) is 0 Å². The summed E-state index contributed by atoms with van der Waals surface area (Å²) in [6.07, 6.45) is 3.06. The van der Waals surface area contributed by atoms with Crippen LogP contribution in [0.1, 0.15) is 30.1 Å². The molecule has 0 spiro atoms. The largest absolute Gasteiger partial charge is 0.454 e. The van der Waals surface area contributed by atoms with Gasteiger partial charge in [-0.25, -0.2) is 19.3 Å². The first-order valence-corrected chi connectivity index (χ1v) is 10.4. The number of aromatic nitrogens is 4. The molecule has 0 saturated carbocycles. The number of likely N-dealkylation sites (tertiary alicyclic amines) is 1. The molecule has 0 radical (unpaired) electrons. The second kappa shape index (κ2) is 7.26. The predicted octanol–water partition coefficient (Wildman–Crippen LogP) is 3.29. The van der Waals surface area contributed by atoms with Gasteiger partial charge in [0, 0.05) is 38.5 Å². The molecule has 1 aliphatic rings. The second-order valence-corrected chi connectivity index (χ2v) is 8.26. The molecule has 9 nitrogen and oxygen atoms in total. The van der Waals surface area contributed by atoms with Crippen LogP contribution >= 0.6 is 0 Å². The molecule has 2 N–H and O–H groups in total. The van der Waals surface area contributed by atoms with Crippen LogP contribution in [-0.4, -0.2) is 62.6 Å². The quantitative estimate of drug-likeness (QED) is 0.534. The number of fused-ring (bicyclic) bond motifs is 2. The van der Waals surface area contributed by atoms with E-state index < -0.39 is 0 Å². The molecule has 31 heavy (non-hydrogen) atoms. The Labute approximate surface area is 179 Å². The Morgan fingerprint density at radius 3 is 2.74 bits per heavy atom. The van der Waals surface area contributed by atoms with E-state index >= 15 is 0 Å². The van der Waals surface area contributed by atoms with Gasteiger partial charge in [0.25, 0.3) is 0 Å². The number of aryl methyl sites for hydroxylation is 1. The van der Waals surface area contributed by atoms with Gasteiger partial charge in [0.15, 0.2) is 11.6 Å². The summed E-state index contributed by atoms with van der Waals surface area (Å²) in [5.41, 5.74) is 9.49. The third-order valence-corrected chi connectivity index (χ3v) is 6.01. The molecule has 2 amide bonds. The van der Waals surface area contributed by atoms with Crippen molar-refractivity contribution in [3.8, 4) is 11.5 Å². The zero-order chi connectivity index (χ0) is 21.7. The van der Waals surface area contributed by atoms with Gasteiger partial charge in [-0.1, -0.05) is 12.1 Å². The van der Waals surface area contributed by atoms with Gasteiger partial charge in [0.2, 0.25) is 0 Å². The third-order valence-electron chi connectivity index (χ3n) is 6.01. The molecule has 1 aromatic carbocycles. The Morgan fingerprint density at radius 2 is 2.03 bits per heavy atom. The Kier molecular flexibility index (Phi) is 4.53. The number of benzene rings is 1. The number of imidazole rings is 1. The summed E-state index contributed by atoms with van der Waals surface area (Å²) in [5.74, 6) is 2.00. The fourth-order valence-corrected chi connectivity index (χ4v) is 4.35. The van der Waals surface area contributed by atoms with Gasteiger partial charge in [0.1, 0.15) is 28.9 Å².